The number of aromatic nitrogens is 2. The number of amides is 2. The van der Waals surface area contributed by atoms with Gasteiger partial charge in [-0.25, -0.2) is 4.68 Å². The highest BCUT2D eigenvalue weighted by atomic mass is 16.5. The van der Waals surface area contributed by atoms with E-state index in [-0.39, 0.29) is 17.4 Å². The number of anilines is 2. The summed E-state index contributed by atoms with van der Waals surface area (Å²) in [6, 6.07) is 14.7. The number of ether oxygens (including phenoxy) is 1. The number of piperidine rings is 1. The van der Waals surface area contributed by atoms with Crippen LogP contribution in [0.3, 0.4) is 0 Å². The largest absolute Gasteiger partial charge is 0.497 e. The third-order valence-corrected chi connectivity index (χ3v) is 6.34. The minimum absolute atomic E-state index is 0.115. The van der Waals surface area contributed by atoms with E-state index >= 15 is 0 Å². The van der Waals surface area contributed by atoms with Crippen LogP contribution >= 0.6 is 0 Å². The Kier molecular flexibility index (Phi) is 5.53. The molecule has 0 radical (unpaired) electrons. The van der Waals surface area contributed by atoms with E-state index in [0.717, 1.165) is 24.3 Å². The maximum Gasteiger partial charge on any atom is 0.277 e. The average molecular weight is 460 g/mol. The van der Waals surface area contributed by atoms with E-state index in [4.69, 9.17) is 10.5 Å². The van der Waals surface area contributed by atoms with Crippen molar-refractivity contribution in [1.29, 1.82) is 0 Å². The molecule has 2 aliphatic rings. The third kappa shape index (κ3) is 3.79. The number of Topliss-reactive ketones (excluding diaryl/α,β-unsaturated/α-hetero) is 1. The van der Waals surface area contributed by atoms with Crippen LogP contribution in [0.25, 0.3) is 5.69 Å². The minimum atomic E-state index is -0.662. The zero-order chi connectivity index (χ0) is 23.8. The first kappa shape index (κ1) is 21.7. The van der Waals surface area contributed by atoms with Crippen LogP contribution in [-0.4, -0.2) is 54.1 Å². The van der Waals surface area contributed by atoms with Gasteiger partial charge in [0.1, 0.15) is 11.4 Å². The van der Waals surface area contributed by atoms with Gasteiger partial charge in [0.15, 0.2) is 11.5 Å². The molecule has 0 unspecified atom stereocenters. The molecule has 0 bridgehead atoms. The molecule has 1 aromatic heterocycles. The molecule has 0 spiro atoms. The standard InChI is InChI=1S/C25H25N5O4/c1-34-20-10-8-18(9-11-20)30-23-21(22(27-30)24(26)32)12-14-29(25(23)33)17-6-4-16(5-7-17)28-13-2-3-19(31)15-28/h4-11H,2-3,12-15H2,1H3,(H2,26,32). The summed E-state index contributed by atoms with van der Waals surface area (Å²) < 4.78 is 6.70. The number of carbonyl (C=O) groups excluding carboxylic acids is 3. The Morgan fingerprint density at radius 3 is 2.26 bits per heavy atom. The fourth-order valence-corrected chi connectivity index (χ4v) is 4.62. The van der Waals surface area contributed by atoms with Crippen molar-refractivity contribution in [2.24, 2.45) is 5.73 Å². The summed E-state index contributed by atoms with van der Waals surface area (Å²) in [5.74, 6) is -0.00220. The van der Waals surface area contributed by atoms with E-state index in [1.54, 1.807) is 36.3 Å². The molecule has 3 heterocycles. The third-order valence-electron chi connectivity index (χ3n) is 6.34. The first-order valence-corrected chi connectivity index (χ1v) is 11.2. The van der Waals surface area contributed by atoms with Gasteiger partial charge in [-0.05, 0) is 61.4 Å². The lowest BCUT2D eigenvalue weighted by atomic mass is 10.0. The van der Waals surface area contributed by atoms with E-state index in [9.17, 15) is 14.4 Å². The number of hydrogen-bond donors (Lipinski definition) is 1. The van der Waals surface area contributed by atoms with Crippen molar-refractivity contribution >= 4 is 29.0 Å². The first-order chi connectivity index (χ1) is 16.5. The van der Waals surface area contributed by atoms with E-state index in [1.807, 2.05) is 24.3 Å². The minimum Gasteiger partial charge on any atom is -0.497 e. The van der Waals surface area contributed by atoms with Crippen molar-refractivity contribution < 1.29 is 19.1 Å². The van der Waals surface area contributed by atoms with Gasteiger partial charge in [0.05, 0.1) is 19.3 Å². The highest BCUT2D eigenvalue weighted by molar-refractivity contribution is 6.09. The Balaban J connectivity index is 1.48. The van der Waals surface area contributed by atoms with Crippen molar-refractivity contribution in [3.63, 3.8) is 0 Å². The van der Waals surface area contributed by atoms with Crippen LogP contribution < -0.4 is 20.3 Å². The number of benzene rings is 2. The predicted molar refractivity (Wildman–Crippen MR) is 127 cm³/mol. The fourth-order valence-electron chi connectivity index (χ4n) is 4.62. The number of ketones is 1. The lowest BCUT2D eigenvalue weighted by Crippen LogP contribution is -2.39. The second-order valence-electron chi connectivity index (χ2n) is 8.44. The summed E-state index contributed by atoms with van der Waals surface area (Å²) in [5.41, 5.74) is 8.91. The lowest BCUT2D eigenvalue weighted by Gasteiger charge is -2.30. The molecule has 0 atom stereocenters. The number of carbonyl (C=O) groups is 3. The van der Waals surface area contributed by atoms with Gasteiger partial charge in [0.25, 0.3) is 11.8 Å². The van der Waals surface area contributed by atoms with Gasteiger partial charge in [-0.15, -0.1) is 0 Å². The van der Waals surface area contributed by atoms with Crippen LogP contribution in [0.4, 0.5) is 11.4 Å². The molecule has 2 amide bonds. The van der Waals surface area contributed by atoms with Crippen molar-refractivity contribution in [2.75, 3.05) is 36.5 Å². The molecular weight excluding hydrogens is 434 g/mol. The molecule has 1 saturated heterocycles. The second kappa shape index (κ2) is 8.66. The number of hydrogen-bond acceptors (Lipinski definition) is 6. The number of nitrogens with two attached hydrogens (primary N) is 1. The van der Waals surface area contributed by atoms with Gasteiger partial charge in [-0.3, -0.25) is 14.4 Å². The molecule has 2 aliphatic heterocycles. The van der Waals surface area contributed by atoms with Crippen LogP contribution in [0.1, 0.15) is 39.4 Å². The lowest BCUT2D eigenvalue weighted by molar-refractivity contribution is -0.118. The zero-order valence-electron chi connectivity index (χ0n) is 18.9. The van der Waals surface area contributed by atoms with E-state index in [0.29, 0.717) is 48.6 Å². The van der Waals surface area contributed by atoms with Gasteiger partial charge in [-0.1, -0.05) is 0 Å². The zero-order valence-corrected chi connectivity index (χ0v) is 18.9. The van der Waals surface area contributed by atoms with Crippen LogP contribution in [0.5, 0.6) is 5.75 Å². The predicted octanol–water partition coefficient (Wildman–Crippen LogP) is 2.35. The molecule has 2 N–H and O–H groups in total. The highest BCUT2D eigenvalue weighted by Crippen LogP contribution is 2.30. The molecule has 1 fully saturated rings. The number of methoxy groups -OCH3 is 1. The summed E-state index contributed by atoms with van der Waals surface area (Å²) in [4.78, 5) is 41.2. The molecule has 0 saturated carbocycles. The van der Waals surface area contributed by atoms with E-state index in [2.05, 4.69) is 10.00 Å². The van der Waals surface area contributed by atoms with Crippen molar-refractivity contribution in [3.8, 4) is 11.4 Å². The molecule has 9 heteroatoms. The van der Waals surface area contributed by atoms with Crippen LogP contribution in [-0.2, 0) is 11.2 Å². The quantitative estimate of drug-likeness (QED) is 0.627. The Morgan fingerprint density at radius 1 is 0.941 bits per heavy atom. The van der Waals surface area contributed by atoms with Gasteiger partial charge in [-0.2, -0.15) is 5.10 Å². The maximum atomic E-state index is 13.6. The Morgan fingerprint density at radius 2 is 1.62 bits per heavy atom. The van der Waals surface area contributed by atoms with Gasteiger partial charge >= 0.3 is 0 Å². The van der Waals surface area contributed by atoms with Crippen LogP contribution in [0.2, 0.25) is 0 Å². The summed E-state index contributed by atoms with van der Waals surface area (Å²) in [6.07, 6.45) is 1.94. The molecule has 174 valence electrons. The SMILES string of the molecule is COc1ccc(-n2nc(C(N)=O)c3c2C(=O)N(c2ccc(N4CCCC(=O)C4)cc2)CC3)cc1. The average Bonchev–Trinajstić information content (AvgIpc) is 3.25. The molecule has 0 aliphatic carbocycles. The fraction of sp³-hybridized carbons (Fsp3) is 0.280. The molecule has 3 aromatic rings. The van der Waals surface area contributed by atoms with Gasteiger partial charge in [0, 0.05) is 36.4 Å². The number of fused-ring (bicyclic) bond motifs is 1. The molecule has 34 heavy (non-hydrogen) atoms. The van der Waals surface area contributed by atoms with Crippen molar-refractivity contribution in [3.05, 3.63) is 65.5 Å². The Hall–Kier alpha value is -4.14. The van der Waals surface area contributed by atoms with Crippen molar-refractivity contribution in [2.45, 2.75) is 19.3 Å². The molecule has 5 rings (SSSR count). The molecule has 2 aromatic carbocycles. The molecular formula is C25H25N5O4. The summed E-state index contributed by atoms with van der Waals surface area (Å²) in [7, 11) is 1.58. The topological polar surface area (TPSA) is 111 Å². The molecule has 9 nitrogen and oxygen atoms in total. The summed E-state index contributed by atoms with van der Waals surface area (Å²) in [5, 5.41) is 4.39. The Bertz CT molecular complexity index is 1260. The second-order valence-corrected chi connectivity index (χ2v) is 8.44. The smallest absolute Gasteiger partial charge is 0.277 e. The monoisotopic (exact) mass is 459 g/mol. The van der Waals surface area contributed by atoms with Crippen molar-refractivity contribution in [1.82, 2.24) is 9.78 Å². The number of primary amides is 1. The first-order valence-electron chi connectivity index (χ1n) is 11.2. The number of nitrogens with zero attached hydrogens (tertiary/aromatic N) is 4. The van der Waals surface area contributed by atoms with E-state index in [1.165, 1.54) is 4.68 Å². The normalized spacial score (nSPS) is 15.9. The van der Waals surface area contributed by atoms with Gasteiger partial charge < -0.3 is 20.3 Å². The summed E-state index contributed by atoms with van der Waals surface area (Å²) >= 11 is 0. The summed E-state index contributed by atoms with van der Waals surface area (Å²) in [6.45, 7) is 1.66. The highest BCUT2D eigenvalue weighted by Gasteiger charge is 2.34. The van der Waals surface area contributed by atoms with Crippen LogP contribution in [0.15, 0.2) is 48.5 Å². The van der Waals surface area contributed by atoms with Gasteiger partial charge in [0.2, 0.25) is 0 Å². The Labute approximate surface area is 196 Å². The maximum absolute atomic E-state index is 13.6. The van der Waals surface area contributed by atoms with Crippen LogP contribution in [0, 0.1) is 0 Å². The number of rotatable bonds is 5. The van der Waals surface area contributed by atoms with E-state index < -0.39 is 5.91 Å².